The lowest BCUT2D eigenvalue weighted by molar-refractivity contribution is 0.439. The first-order valence-corrected chi connectivity index (χ1v) is 12.5. The zero-order chi connectivity index (χ0) is 21.1. The summed E-state index contributed by atoms with van der Waals surface area (Å²) in [5, 5.41) is 9.00. The molecule has 2 aliphatic rings. The van der Waals surface area contributed by atoms with Crippen LogP contribution in [0.15, 0.2) is 78.0 Å². The minimum absolute atomic E-state index is 0.0154. The normalized spacial score (nSPS) is 25.0. The number of rotatable bonds is 5. The van der Waals surface area contributed by atoms with Crippen LogP contribution in [-0.4, -0.2) is 9.66 Å². The van der Waals surface area contributed by atoms with E-state index in [0.717, 1.165) is 46.2 Å². The van der Waals surface area contributed by atoms with E-state index in [1.165, 1.54) is 16.8 Å². The number of alkyl halides is 1. The number of benzene rings is 2. The molecule has 0 amide bonds. The molecule has 2 atom stereocenters. The van der Waals surface area contributed by atoms with Crippen molar-refractivity contribution in [1.82, 2.24) is 10.6 Å². The standard InChI is InChI=1S/C24H23BrCl2N2S/c1-2-14-30-24(25)28-22-17(15-16-8-3-5-12-20(16)26)9-7-11-19(22)23(29-24)18-10-4-6-13-21(18)27/h2-6,8,10,12-13,15,23,28-29H,1,7,9,11,14H2/b17-15-/t23-,24-/m0/s1. The van der Waals surface area contributed by atoms with Crippen LogP contribution in [-0.2, 0) is 0 Å². The Balaban J connectivity index is 1.82. The van der Waals surface area contributed by atoms with Crippen molar-refractivity contribution in [2.24, 2.45) is 0 Å². The largest absolute Gasteiger partial charge is 0.349 e. The molecule has 30 heavy (non-hydrogen) atoms. The highest BCUT2D eigenvalue weighted by molar-refractivity contribution is 9.11. The molecule has 1 heterocycles. The lowest BCUT2D eigenvalue weighted by Crippen LogP contribution is -2.55. The van der Waals surface area contributed by atoms with E-state index in [1.54, 1.807) is 11.8 Å². The molecular formula is C24H23BrCl2N2S. The Labute approximate surface area is 200 Å². The monoisotopic (exact) mass is 520 g/mol. The maximum atomic E-state index is 6.62. The van der Waals surface area contributed by atoms with Gasteiger partial charge in [0.2, 0.25) is 0 Å². The summed E-state index contributed by atoms with van der Waals surface area (Å²) < 4.78 is -0.527. The molecule has 2 N–H and O–H groups in total. The zero-order valence-electron chi connectivity index (χ0n) is 16.4. The van der Waals surface area contributed by atoms with E-state index < -0.39 is 3.90 Å². The predicted octanol–water partition coefficient (Wildman–Crippen LogP) is 7.67. The number of nitrogens with one attached hydrogen (secondary N) is 2. The summed E-state index contributed by atoms with van der Waals surface area (Å²) in [7, 11) is 0. The van der Waals surface area contributed by atoms with Crippen LogP contribution >= 0.6 is 50.9 Å². The SMILES string of the molecule is C=CCS[C@@]1(Br)NC2=C(CCC/C2=C/c2ccccc2Cl)[C@H](c2ccccc2Cl)N1. The zero-order valence-corrected chi connectivity index (χ0v) is 20.3. The second-order valence-corrected chi connectivity index (χ2v) is 11.1. The van der Waals surface area contributed by atoms with E-state index in [4.69, 9.17) is 23.2 Å². The Bertz CT molecular complexity index is 1020. The molecule has 0 aromatic heterocycles. The van der Waals surface area contributed by atoms with Crippen LogP contribution in [0.2, 0.25) is 10.0 Å². The van der Waals surface area contributed by atoms with Crippen molar-refractivity contribution >= 4 is 57.0 Å². The summed E-state index contributed by atoms with van der Waals surface area (Å²) in [5.41, 5.74) is 5.91. The molecule has 2 aromatic carbocycles. The summed E-state index contributed by atoms with van der Waals surface area (Å²) in [6.45, 7) is 3.87. The van der Waals surface area contributed by atoms with E-state index in [2.05, 4.69) is 51.4 Å². The van der Waals surface area contributed by atoms with Gasteiger partial charge in [-0.3, -0.25) is 5.32 Å². The van der Waals surface area contributed by atoms with E-state index >= 15 is 0 Å². The first-order chi connectivity index (χ1) is 14.5. The molecule has 0 bridgehead atoms. The second-order valence-electron chi connectivity index (χ2n) is 7.36. The third kappa shape index (κ3) is 4.68. The summed E-state index contributed by atoms with van der Waals surface area (Å²) in [5.74, 6) is 0.798. The van der Waals surface area contributed by atoms with Crippen LogP contribution in [0.3, 0.4) is 0 Å². The number of hydrogen-bond donors (Lipinski definition) is 2. The molecule has 2 aromatic rings. The lowest BCUT2D eigenvalue weighted by Gasteiger charge is -2.44. The van der Waals surface area contributed by atoms with Gasteiger partial charge in [-0.1, -0.05) is 65.7 Å². The van der Waals surface area contributed by atoms with Crippen LogP contribution in [0, 0.1) is 0 Å². The molecule has 0 saturated heterocycles. The molecule has 1 aliphatic heterocycles. The van der Waals surface area contributed by atoms with Gasteiger partial charge < -0.3 is 5.32 Å². The van der Waals surface area contributed by atoms with Crippen molar-refractivity contribution in [3.05, 3.63) is 99.2 Å². The van der Waals surface area contributed by atoms with Gasteiger partial charge in [-0.15, -0.1) is 18.3 Å². The highest BCUT2D eigenvalue weighted by Gasteiger charge is 2.40. The molecule has 0 radical (unpaired) electrons. The number of hydrogen-bond acceptors (Lipinski definition) is 3. The molecule has 4 rings (SSSR count). The lowest BCUT2D eigenvalue weighted by atomic mass is 9.83. The fraction of sp³-hybridized carbons (Fsp3) is 0.250. The summed E-state index contributed by atoms with van der Waals surface area (Å²) in [6.07, 6.45) is 7.23. The van der Waals surface area contributed by atoms with Crippen LogP contribution in [0.5, 0.6) is 0 Å². The average molecular weight is 522 g/mol. The molecule has 6 heteroatoms. The van der Waals surface area contributed by atoms with E-state index in [0.29, 0.717) is 0 Å². The van der Waals surface area contributed by atoms with Crippen LogP contribution in [0.1, 0.15) is 36.4 Å². The molecule has 156 valence electrons. The van der Waals surface area contributed by atoms with Gasteiger partial charge in [0.05, 0.1) is 6.04 Å². The predicted molar refractivity (Wildman–Crippen MR) is 135 cm³/mol. The van der Waals surface area contributed by atoms with Gasteiger partial charge in [0, 0.05) is 21.5 Å². The Hall–Kier alpha value is -1.17. The Morgan fingerprint density at radius 3 is 2.57 bits per heavy atom. The van der Waals surface area contributed by atoms with Crippen molar-refractivity contribution < 1.29 is 0 Å². The molecule has 0 fully saturated rings. The Morgan fingerprint density at radius 2 is 1.83 bits per heavy atom. The summed E-state index contributed by atoms with van der Waals surface area (Å²) in [4.78, 5) is 0. The van der Waals surface area contributed by atoms with Gasteiger partial charge >= 0.3 is 0 Å². The minimum atomic E-state index is -0.527. The van der Waals surface area contributed by atoms with Crippen molar-refractivity contribution in [3.63, 3.8) is 0 Å². The van der Waals surface area contributed by atoms with Crippen LogP contribution in [0.25, 0.3) is 6.08 Å². The van der Waals surface area contributed by atoms with Gasteiger partial charge in [0.15, 0.2) is 3.90 Å². The van der Waals surface area contributed by atoms with Crippen LogP contribution in [0.4, 0.5) is 0 Å². The number of allylic oxidation sites excluding steroid dienone is 1. The first-order valence-electron chi connectivity index (χ1n) is 9.93. The molecule has 2 nitrogen and oxygen atoms in total. The Morgan fingerprint density at radius 1 is 1.10 bits per heavy atom. The second kappa shape index (κ2) is 9.54. The molecule has 0 unspecified atom stereocenters. The van der Waals surface area contributed by atoms with Gasteiger partial charge in [0.1, 0.15) is 0 Å². The van der Waals surface area contributed by atoms with E-state index in [1.807, 2.05) is 42.5 Å². The topological polar surface area (TPSA) is 24.1 Å². The number of halogens is 3. The highest BCUT2D eigenvalue weighted by Crippen LogP contribution is 2.46. The molecule has 0 spiro atoms. The van der Waals surface area contributed by atoms with E-state index in [-0.39, 0.29) is 6.04 Å². The first kappa shape index (κ1) is 22.0. The Kier molecular flexibility index (Phi) is 7.01. The minimum Gasteiger partial charge on any atom is -0.349 e. The number of thioether (sulfide) groups is 1. The van der Waals surface area contributed by atoms with Gasteiger partial charge in [-0.05, 0) is 75.7 Å². The third-order valence-corrected chi connectivity index (χ3v) is 8.17. The van der Waals surface area contributed by atoms with Crippen molar-refractivity contribution in [2.45, 2.75) is 29.2 Å². The maximum Gasteiger partial charge on any atom is 0.195 e. The summed E-state index contributed by atoms with van der Waals surface area (Å²) >= 11 is 18.7. The van der Waals surface area contributed by atoms with E-state index in [9.17, 15) is 0 Å². The average Bonchev–Trinajstić information content (AvgIpc) is 2.74. The maximum absolute atomic E-state index is 6.62. The van der Waals surface area contributed by atoms with Crippen LogP contribution < -0.4 is 10.6 Å². The third-order valence-electron chi connectivity index (χ3n) is 5.35. The van der Waals surface area contributed by atoms with Crippen molar-refractivity contribution in [1.29, 1.82) is 0 Å². The fourth-order valence-corrected chi connectivity index (χ4v) is 5.98. The molecule has 1 aliphatic carbocycles. The fourth-order valence-electron chi connectivity index (χ4n) is 3.99. The van der Waals surface area contributed by atoms with Gasteiger partial charge in [-0.2, -0.15) is 0 Å². The quantitative estimate of drug-likeness (QED) is 0.239. The van der Waals surface area contributed by atoms with Crippen molar-refractivity contribution in [3.8, 4) is 0 Å². The molecular weight excluding hydrogens is 499 g/mol. The van der Waals surface area contributed by atoms with Gasteiger partial charge in [-0.25, -0.2) is 0 Å². The molecule has 0 saturated carbocycles. The smallest absolute Gasteiger partial charge is 0.195 e. The summed E-state index contributed by atoms with van der Waals surface area (Å²) in [6, 6.07) is 16.1. The highest BCUT2D eigenvalue weighted by atomic mass is 79.9. The van der Waals surface area contributed by atoms with Crippen molar-refractivity contribution in [2.75, 3.05) is 5.75 Å². The van der Waals surface area contributed by atoms with Gasteiger partial charge in [0.25, 0.3) is 0 Å².